The van der Waals surface area contributed by atoms with E-state index >= 15 is 0 Å². The fraction of sp³-hybridized carbons (Fsp3) is 1.00. The summed E-state index contributed by atoms with van der Waals surface area (Å²) in [6.07, 6.45) is 8.33. The molecule has 0 aromatic carbocycles. The van der Waals surface area contributed by atoms with Gasteiger partial charge < -0.3 is 23.7 Å². The minimum atomic E-state index is -0.384. The van der Waals surface area contributed by atoms with Crippen LogP contribution < -0.4 is 0 Å². The molecule has 0 unspecified atom stereocenters. The molecule has 0 bridgehead atoms. The topological polar surface area (TPSA) is 46.2 Å². The van der Waals surface area contributed by atoms with Crippen LogP contribution in [-0.4, -0.2) is 42.8 Å². The van der Waals surface area contributed by atoms with Gasteiger partial charge in [-0.2, -0.15) is 0 Å². The zero-order valence-electron chi connectivity index (χ0n) is 11.7. The van der Waals surface area contributed by atoms with Crippen LogP contribution in [0.25, 0.3) is 0 Å². The largest absolute Gasteiger partial charge is 0.347 e. The molecule has 0 amide bonds. The molecule has 3 aliphatic heterocycles. The van der Waals surface area contributed by atoms with E-state index in [9.17, 15) is 0 Å². The summed E-state index contributed by atoms with van der Waals surface area (Å²) in [6.45, 7) is 0.609. The van der Waals surface area contributed by atoms with Gasteiger partial charge in [0, 0.05) is 25.7 Å². The maximum absolute atomic E-state index is 6.32. The molecule has 2 saturated carbocycles. The summed E-state index contributed by atoms with van der Waals surface area (Å²) >= 11 is 0. The molecule has 112 valence electrons. The van der Waals surface area contributed by atoms with Gasteiger partial charge in [0.15, 0.2) is 17.9 Å². The molecule has 2 spiro atoms. The quantitative estimate of drug-likeness (QED) is 0.681. The number of ether oxygens (including phenoxy) is 5. The Kier molecular flexibility index (Phi) is 2.58. The van der Waals surface area contributed by atoms with Gasteiger partial charge in [-0.05, 0) is 25.7 Å². The van der Waals surface area contributed by atoms with Crippen molar-refractivity contribution in [1.82, 2.24) is 0 Å². The Bertz CT molecular complexity index is 399. The van der Waals surface area contributed by atoms with Gasteiger partial charge in [0.2, 0.25) is 0 Å². The third kappa shape index (κ3) is 1.67. The van der Waals surface area contributed by atoms with E-state index in [1.807, 2.05) is 0 Å². The average Bonchev–Trinajstić information content (AvgIpc) is 3.19. The lowest BCUT2D eigenvalue weighted by molar-refractivity contribution is -0.332. The van der Waals surface area contributed by atoms with E-state index in [-0.39, 0.29) is 36.2 Å². The predicted molar refractivity (Wildman–Crippen MR) is 67.8 cm³/mol. The van der Waals surface area contributed by atoms with Crippen molar-refractivity contribution >= 4 is 0 Å². The number of hydrogen-bond donors (Lipinski definition) is 0. The second-order valence-electron chi connectivity index (χ2n) is 6.87. The van der Waals surface area contributed by atoms with Crippen LogP contribution in [0.2, 0.25) is 0 Å². The maximum atomic E-state index is 6.32. The second-order valence-corrected chi connectivity index (χ2v) is 6.87. The molecular weight excluding hydrogens is 260 g/mol. The Hall–Kier alpha value is -0.200. The van der Waals surface area contributed by atoms with Crippen LogP contribution in [-0.2, 0) is 23.7 Å². The summed E-state index contributed by atoms with van der Waals surface area (Å²) in [7, 11) is 0. The van der Waals surface area contributed by atoms with E-state index in [1.165, 1.54) is 25.7 Å². The first-order chi connectivity index (χ1) is 9.78. The minimum Gasteiger partial charge on any atom is -0.347 e. The lowest BCUT2D eigenvalue weighted by atomic mass is 10.1. The molecule has 2 aliphatic carbocycles. The molecule has 5 aliphatic rings. The minimum absolute atomic E-state index is 0.0215. The first kappa shape index (κ1) is 12.4. The van der Waals surface area contributed by atoms with Crippen LogP contribution >= 0.6 is 0 Å². The lowest BCUT2D eigenvalue weighted by Gasteiger charge is -2.41. The highest BCUT2D eigenvalue weighted by Crippen LogP contribution is 2.50. The SMILES string of the molecule is C1CCC2(C1)O[C@@H]1O[C@H]3COC4(CCCC4)O[C@H]3[C@@H]1O2. The summed E-state index contributed by atoms with van der Waals surface area (Å²) in [5.41, 5.74) is 0. The number of fused-ring (bicyclic) bond motifs is 3. The molecule has 3 saturated heterocycles. The van der Waals surface area contributed by atoms with E-state index in [0.29, 0.717) is 6.61 Å². The highest BCUT2D eigenvalue weighted by molar-refractivity contribution is 5.00. The Morgan fingerprint density at radius 1 is 0.700 bits per heavy atom. The predicted octanol–water partition coefficient (Wildman–Crippen LogP) is 2.08. The second kappa shape index (κ2) is 4.17. The van der Waals surface area contributed by atoms with E-state index in [4.69, 9.17) is 23.7 Å². The first-order valence-electron chi connectivity index (χ1n) is 8.11. The average molecular weight is 282 g/mol. The summed E-state index contributed by atoms with van der Waals surface area (Å²) < 4.78 is 30.6. The Balaban J connectivity index is 1.37. The van der Waals surface area contributed by atoms with Crippen molar-refractivity contribution in [3.63, 3.8) is 0 Å². The Morgan fingerprint density at radius 3 is 2.10 bits per heavy atom. The Labute approximate surface area is 118 Å². The summed E-state index contributed by atoms with van der Waals surface area (Å²) in [5.74, 6) is -0.751. The van der Waals surface area contributed by atoms with Crippen molar-refractivity contribution in [1.29, 1.82) is 0 Å². The fourth-order valence-corrected chi connectivity index (χ4v) is 4.52. The normalized spacial score (nSPS) is 48.0. The smallest absolute Gasteiger partial charge is 0.190 e. The number of hydrogen-bond acceptors (Lipinski definition) is 5. The van der Waals surface area contributed by atoms with Crippen LogP contribution in [0.1, 0.15) is 51.4 Å². The van der Waals surface area contributed by atoms with Crippen LogP contribution in [0, 0.1) is 0 Å². The number of rotatable bonds is 0. The highest BCUT2D eigenvalue weighted by Gasteiger charge is 2.62. The molecular formula is C15H22O5. The third-order valence-corrected chi connectivity index (χ3v) is 5.54. The standard InChI is InChI=1S/C15H22O5/c1-2-6-14(5-1)16-9-10-11(18-14)12-13(17-10)20-15(19-12)7-3-4-8-15/h10-13H,1-9H2/t10-,11+,12-,13-/m0/s1. The van der Waals surface area contributed by atoms with E-state index in [0.717, 1.165) is 25.7 Å². The van der Waals surface area contributed by atoms with Gasteiger partial charge in [0.25, 0.3) is 0 Å². The van der Waals surface area contributed by atoms with Gasteiger partial charge in [-0.1, -0.05) is 0 Å². The Morgan fingerprint density at radius 2 is 1.35 bits per heavy atom. The van der Waals surface area contributed by atoms with Crippen molar-refractivity contribution in [2.45, 2.75) is 87.5 Å². The van der Waals surface area contributed by atoms with Crippen LogP contribution in [0.5, 0.6) is 0 Å². The third-order valence-electron chi connectivity index (χ3n) is 5.54. The van der Waals surface area contributed by atoms with Crippen molar-refractivity contribution in [3.8, 4) is 0 Å². The van der Waals surface area contributed by atoms with Gasteiger partial charge in [0.05, 0.1) is 6.61 Å². The molecule has 3 heterocycles. The van der Waals surface area contributed by atoms with E-state index in [1.54, 1.807) is 0 Å². The molecule has 5 rings (SSSR count). The molecule has 0 aromatic rings. The van der Waals surface area contributed by atoms with Gasteiger partial charge in [-0.3, -0.25) is 0 Å². The molecule has 0 N–H and O–H groups in total. The van der Waals surface area contributed by atoms with Crippen molar-refractivity contribution in [2.75, 3.05) is 6.61 Å². The van der Waals surface area contributed by atoms with Crippen molar-refractivity contribution in [2.24, 2.45) is 0 Å². The van der Waals surface area contributed by atoms with E-state index < -0.39 is 0 Å². The van der Waals surface area contributed by atoms with Crippen LogP contribution in [0.3, 0.4) is 0 Å². The maximum Gasteiger partial charge on any atom is 0.190 e. The molecule has 5 nitrogen and oxygen atoms in total. The van der Waals surface area contributed by atoms with Crippen molar-refractivity contribution in [3.05, 3.63) is 0 Å². The molecule has 20 heavy (non-hydrogen) atoms. The fourth-order valence-electron chi connectivity index (χ4n) is 4.52. The van der Waals surface area contributed by atoms with Gasteiger partial charge in [-0.25, -0.2) is 0 Å². The molecule has 4 atom stereocenters. The summed E-state index contributed by atoms with van der Waals surface area (Å²) in [4.78, 5) is 0. The lowest BCUT2D eigenvalue weighted by Crippen LogP contribution is -2.52. The molecule has 5 heteroatoms. The highest BCUT2D eigenvalue weighted by atomic mass is 16.9. The molecule has 0 radical (unpaired) electrons. The molecule has 5 fully saturated rings. The zero-order chi connectivity index (χ0) is 13.2. The van der Waals surface area contributed by atoms with Gasteiger partial charge in [0.1, 0.15) is 18.3 Å². The van der Waals surface area contributed by atoms with Crippen LogP contribution in [0.4, 0.5) is 0 Å². The zero-order valence-corrected chi connectivity index (χ0v) is 11.7. The summed E-state index contributed by atoms with van der Waals surface area (Å²) in [6, 6.07) is 0. The van der Waals surface area contributed by atoms with Gasteiger partial charge in [-0.15, -0.1) is 0 Å². The monoisotopic (exact) mass is 282 g/mol. The van der Waals surface area contributed by atoms with Crippen molar-refractivity contribution < 1.29 is 23.7 Å². The first-order valence-corrected chi connectivity index (χ1v) is 8.11. The van der Waals surface area contributed by atoms with Crippen LogP contribution in [0.15, 0.2) is 0 Å². The molecule has 0 aromatic heterocycles. The summed E-state index contributed by atoms with van der Waals surface area (Å²) in [5, 5.41) is 0. The van der Waals surface area contributed by atoms with E-state index in [2.05, 4.69) is 0 Å². The van der Waals surface area contributed by atoms with Gasteiger partial charge >= 0.3 is 0 Å².